The van der Waals surface area contributed by atoms with Crippen LogP contribution in [0.1, 0.15) is 16.7 Å². The van der Waals surface area contributed by atoms with E-state index < -0.39 is 6.04 Å². The molecule has 0 bridgehead atoms. The van der Waals surface area contributed by atoms with Crippen molar-refractivity contribution in [2.75, 3.05) is 0 Å². The highest BCUT2D eigenvalue weighted by Crippen LogP contribution is 2.42. The lowest BCUT2D eigenvalue weighted by atomic mass is 10.2. The van der Waals surface area contributed by atoms with Crippen LogP contribution in [0.2, 0.25) is 0 Å². The third kappa shape index (κ3) is 3.23. The first-order valence-corrected chi connectivity index (χ1v) is 10.7. The lowest BCUT2D eigenvalue weighted by Crippen LogP contribution is -2.24. The average molecular weight is 366 g/mol. The zero-order valence-corrected chi connectivity index (χ0v) is 15.7. The van der Waals surface area contributed by atoms with Crippen LogP contribution in [-0.4, -0.2) is 0 Å². The number of hydrogen-bond donors (Lipinski definition) is 0. The van der Waals surface area contributed by atoms with Crippen LogP contribution in [-0.2, 0) is 11.8 Å². The van der Waals surface area contributed by atoms with Crippen molar-refractivity contribution in [1.82, 2.24) is 0 Å². The lowest BCUT2D eigenvalue weighted by molar-refractivity contribution is 1.67. The van der Waals surface area contributed by atoms with Gasteiger partial charge < -0.3 is 0 Å². The molecule has 0 saturated carbocycles. The molecule has 2 heteroatoms. The second kappa shape index (κ2) is 7.48. The molecule has 0 heterocycles. The van der Waals surface area contributed by atoms with Gasteiger partial charge in [-0.2, -0.15) is 0 Å². The molecule has 3 rings (SSSR count). The zero-order chi connectivity index (χ0) is 18.6. The highest BCUT2D eigenvalue weighted by molar-refractivity contribution is 8.25. The Bertz CT molecular complexity index is 952. The number of hydrogen-bond acceptors (Lipinski definition) is 1. The van der Waals surface area contributed by atoms with Crippen molar-refractivity contribution in [3.63, 3.8) is 0 Å². The van der Waals surface area contributed by atoms with Crippen LogP contribution < -0.4 is 15.9 Å². The smallest absolute Gasteiger partial charge is 0.0379 e. The Balaban J connectivity index is 2.22. The van der Waals surface area contributed by atoms with E-state index in [0.29, 0.717) is 0 Å². The van der Waals surface area contributed by atoms with Crippen molar-refractivity contribution in [2.45, 2.75) is 0 Å². The summed E-state index contributed by atoms with van der Waals surface area (Å²) < 4.78 is 0. The van der Waals surface area contributed by atoms with Gasteiger partial charge in [-0.25, -0.2) is 0 Å². The Morgan fingerprint density at radius 3 is 0.923 bits per heavy atom. The monoisotopic (exact) mass is 366 g/mol. The lowest BCUT2D eigenvalue weighted by Gasteiger charge is -2.24. The number of benzene rings is 3. The summed E-state index contributed by atoms with van der Waals surface area (Å²) in [6.45, 7) is 0. The first-order chi connectivity index (χ1) is 12.6. The van der Waals surface area contributed by atoms with E-state index in [0.717, 1.165) is 32.6 Å². The Morgan fingerprint density at radius 1 is 0.500 bits per heavy atom. The van der Waals surface area contributed by atoms with E-state index >= 15 is 0 Å². The second-order valence-corrected chi connectivity index (χ2v) is 10.1. The molecule has 0 N–H and O–H groups in total. The fraction of sp³-hybridized carbons (Fsp3) is 0. The quantitative estimate of drug-likeness (QED) is 0.506. The van der Waals surface area contributed by atoms with Crippen LogP contribution in [0.15, 0.2) is 72.8 Å². The maximum Gasteiger partial charge on any atom is 0.0379 e. The van der Waals surface area contributed by atoms with Gasteiger partial charge in [0.25, 0.3) is 0 Å². The number of rotatable bonds is 3. The summed E-state index contributed by atoms with van der Waals surface area (Å²) in [5, 5.41) is 3.23. The van der Waals surface area contributed by atoms with E-state index in [9.17, 15) is 0 Å². The van der Waals surface area contributed by atoms with Crippen LogP contribution in [0, 0.1) is 37.0 Å². The summed E-state index contributed by atoms with van der Waals surface area (Å²) in [5.41, 5.74) is 2.50. The highest BCUT2D eigenvalue weighted by atomic mass is 32.4. The standard InChI is InChI=1S/C24H15PS/c1-4-19-7-13-22(14-8-19)25(26,23-15-9-20(5-2)10-16-23)24-17-11-21(6-3)12-18-24/h1-3,7-18H. The molecule has 0 aliphatic heterocycles. The van der Waals surface area contributed by atoms with Crippen LogP contribution in [0.3, 0.4) is 0 Å². The summed E-state index contributed by atoms with van der Waals surface area (Å²) >= 11 is 6.30. The van der Waals surface area contributed by atoms with Gasteiger partial charge in [0.15, 0.2) is 0 Å². The van der Waals surface area contributed by atoms with E-state index in [1.807, 2.05) is 72.8 Å². The van der Waals surface area contributed by atoms with Gasteiger partial charge in [-0.3, -0.25) is 0 Å². The zero-order valence-electron chi connectivity index (χ0n) is 14.0. The van der Waals surface area contributed by atoms with Crippen LogP contribution in [0.5, 0.6) is 0 Å². The Hall–Kier alpha value is -3.01. The maximum atomic E-state index is 6.30. The molecule has 0 fully saturated rings. The molecular weight excluding hydrogens is 351 g/mol. The molecule has 0 nitrogen and oxygen atoms in total. The predicted octanol–water partition coefficient (Wildman–Crippen LogP) is 3.39. The van der Waals surface area contributed by atoms with Crippen LogP contribution >= 0.6 is 6.04 Å². The van der Waals surface area contributed by atoms with Crippen molar-refractivity contribution in [3.8, 4) is 37.0 Å². The normalized spacial score (nSPS) is 10.3. The SMILES string of the molecule is C#Cc1ccc(P(=S)(c2ccc(C#C)cc2)c2ccc(C#C)cc2)cc1. The van der Waals surface area contributed by atoms with Crippen molar-refractivity contribution >= 4 is 33.8 Å². The van der Waals surface area contributed by atoms with Crippen molar-refractivity contribution in [2.24, 2.45) is 0 Å². The summed E-state index contributed by atoms with van der Waals surface area (Å²) in [5.74, 6) is 7.95. The molecule has 0 unspecified atom stereocenters. The minimum Gasteiger partial charge on any atom is -0.115 e. The highest BCUT2D eigenvalue weighted by Gasteiger charge is 2.24. The molecule has 3 aromatic carbocycles. The van der Waals surface area contributed by atoms with E-state index in [2.05, 4.69) is 17.8 Å². The molecule has 0 aliphatic rings. The molecule has 0 amide bonds. The molecular formula is C24H15PS. The van der Waals surface area contributed by atoms with Gasteiger partial charge >= 0.3 is 0 Å². The Labute approximate surface area is 160 Å². The molecule has 0 aromatic heterocycles. The summed E-state index contributed by atoms with van der Waals surface area (Å²) in [4.78, 5) is 0. The first-order valence-electron chi connectivity index (χ1n) is 7.93. The molecule has 0 saturated heterocycles. The van der Waals surface area contributed by atoms with Gasteiger partial charge in [0.05, 0.1) is 0 Å². The van der Waals surface area contributed by atoms with Gasteiger partial charge in [0, 0.05) is 22.7 Å². The molecule has 3 aromatic rings. The predicted molar refractivity (Wildman–Crippen MR) is 116 cm³/mol. The fourth-order valence-electron chi connectivity index (χ4n) is 2.75. The number of terminal acetylenes is 3. The third-order valence-electron chi connectivity index (χ3n) is 4.19. The molecule has 0 spiro atoms. The van der Waals surface area contributed by atoms with Gasteiger partial charge in [-0.1, -0.05) is 66.0 Å². The average Bonchev–Trinajstić information content (AvgIpc) is 2.73. The van der Waals surface area contributed by atoms with E-state index in [1.165, 1.54) is 0 Å². The first kappa shape index (κ1) is 17.8. The van der Waals surface area contributed by atoms with Crippen LogP contribution in [0.25, 0.3) is 0 Å². The molecule has 0 aliphatic carbocycles. The third-order valence-corrected chi connectivity index (χ3v) is 9.17. The van der Waals surface area contributed by atoms with Crippen LogP contribution in [0.4, 0.5) is 0 Å². The molecule has 122 valence electrons. The van der Waals surface area contributed by atoms with E-state index in [1.54, 1.807) is 0 Å². The van der Waals surface area contributed by atoms with Gasteiger partial charge in [-0.05, 0) is 52.3 Å². The van der Waals surface area contributed by atoms with Crippen molar-refractivity contribution < 1.29 is 0 Å². The largest absolute Gasteiger partial charge is 0.115 e. The fourth-order valence-corrected chi connectivity index (χ4v) is 6.45. The molecule has 26 heavy (non-hydrogen) atoms. The second-order valence-electron chi connectivity index (χ2n) is 5.68. The summed E-state index contributed by atoms with van der Waals surface area (Å²) in [6.07, 6.45) is 16.5. The summed E-state index contributed by atoms with van der Waals surface area (Å²) in [6, 6.07) is 21.5. The Kier molecular flexibility index (Phi) is 5.12. The topological polar surface area (TPSA) is 0 Å². The van der Waals surface area contributed by atoms with Gasteiger partial charge in [0.1, 0.15) is 0 Å². The van der Waals surface area contributed by atoms with E-state index in [-0.39, 0.29) is 0 Å². The minimum absolute atomic E-state index is 0.834. The van der Waals surface area contributed by atoms with E-state index in [4.69, 9.17) is 31.1 Å². The molecule has 0 atom stereocenters. The maximum absolute atomic E-state index is 6.30. The molecule has 0 radical (unpaired) electrons. The van der Waals surface area contributed by atoms with Gasteiger partial charge in [0.2, 0.25) is 0 Å². The Morgan fingerprint density at radius 2 is 0.731 bits per heavy atom. The van der Waals surface area contributed by atoms with Crippen molar-refractivity contribution in [1.29, 1.82) is 0 Å². The van der Waals surface area contributed by atoms with Crippen molar-refractivity contribution in [3.05, 3.63) is 89.5 Å². The van der Waals surface area contributed by atoms with Gasteiger partial charge in [-0.15, -0.1) is 19.3 Å². The minimum atomic E-state index is -2.24. The summed E-state index contributed by atoms with van der Waals surface area (Å²) in [7, 11) is 0.